The minimum Gasteiger partial charge on any atom is -0.490 e. The molecular formula is C22H22F5NO3S. The van der Waals surface area contributed by atoms with Gasteiger partial charge in [-0.25, -0.2) is 17.2 Å². The molecule has 2 N–H and O–H groups in total. The van der Waals surface area contributed by atoms with Crippen molar-refractivity contribution in [1.82, 2.24) is 0 Å². The van der Waals surface area contributed by atoms with E-state index in [4.69, 9.17) is 10.5 Å². The number of fused-ring (bicyclic) bond motifs is 3. The predicted octanol–water partition coefficient (Wildman–Crippen LogP) is 4.81. The third-order valence-electron chi connectivity index (χ3n) is 6.66. The zero-order valence-corrected chi connectivity index (χ0v) is 17.8. The summed E-state index contributed by atoms with van der Waals surface area (Å²) in [5.41, 5.74) is 4.28. The number of rotatable bonds is 4. The number of benzene rings is 2. The van der Waals surface area contributed by atoms with Gasteiger partial charge in [-0.3, -0.25) is 0 Å². The van der Waals surface area contributed by atoms with Crippen LogP contribution in [0.2, 0.25) is 0 Å². The highest BCUT2D eigenvalue weighted by Crippen LogP contribution is 2.57. The van der Waals surface area contributed by atoms with Crippen LogP contribution in [0.25, 0.3) is 0 Å². The Hall–Kier alpha value is -2.20. The van der Waals surface area contributed by atoms with Crippen molar-refractivity contribution in [2.45, 2.75) is 41.5 Å². The molecule has 0 saturated heterocycles. The summed E-state index contributed by atoms with van der Waals surface area (Å²) in [5.74, 6) is -2.87. The first kappa shape index (κ1) is 23.0. The molecule has 4 nitrogen and oxygen atoms in total. The molecule has 0 unspecified atom stereocenters. The first-order valence-corrected chi connectivity index (χ1v) is 11.7. The van der Waals surface area contributed by atoms with Crippen LogP contribution in [-0.4, -0.2) is 21.6 Å². The van der Waals surface area contributed by atoms with Gasteiger partial charge in [-0.05, 0) is 74.5 Å². The Labute approximate surface area is 182 Å². The van der Waals surface area contributed by atoms with E-state index in [-0.39, 0.29) is 29.4 Å². The quantitative estimate of drug-likeness (QED) is 0.645. The molecule has 3 atom stereocenters. The van der Waals surface area contributed by atoms with E-state index >= 15 is 4.39 Å². The molecule has 2 aliphatic rings. The molecule has 174 valence electrons. The van der Waals surface area contributed by atoms with E-state index in [9.17, 15) is 26.0 Å². The second kappa shape index (κ2) is 7.98. The van der Waals surface area contributed by atoms with Crippen LogP contribution >= 0.6 is 0 Å². The van der Waals surface area contributed by atoms with E-state index in [1.807, 2.05) is 0 Å². The Kier molecular flexibility index (Phi) is 5.73. The van der Waals surface area contributed by atoms with E-state index in [0.717, 1.165) is 24.3 Å². The maximum atomic E-state index is 15.1. The minimum atomic E-state index is -4.64. The Bertz CT molecular complexity index is 1120. The molecule has 0 radical (unpaired) electrons. The molecule has 1 fully saturated rings. The zero-order valence-electron chi connectivity index (χ0n) is 17.0. The Morgan fingerprint density at radius 2 is 1.72 bits per heavy atom. The van der Waals surface area contributed by atoms with E-state index in [1.54, 1.807) is 0 Å². The Morgan fingerprint density at radius 3 is 2.34 bits per heavy atom. The van der Waals surface area contributed by atoms with Gasteiger partial charge in [-0.2, -0.15) is 13.2 Å². The number of halogens is 5. The highest BCUT2D eigenvalue weighted by atomic mass is 32.2. The van der Waals surface area contributed by atoms with Gasteiger partial charge in [0.25, 0.3) is 0 Å². The van der Waals surface area contributed by atoms with Crippen molar-refractivity contribution in [2.24, 2.45) is 17.6 Å². The average molecular weight is 475 g/mol. The topological polar surface area (TPSA) is 69.4 Å². The fraction of sp³-hybridized carbons (Fsp3) is 0.455. The van der Waals surface area contributed by atoms with Crippen molar-refractivity contribution >= 4 is 9.84 Å². The van der Waals surface area contributed by atoms with E-state index in [0.29, 0.717) is 37.9 Å². The lowest BCUT2D eigenvalue weighted by Crippen LogP contribution is -2.52. The lowest BCUT2D eigenvalue weighted by atomic mass is 9.68. The third-order valence-corrected chi connectivity index (χ3v) is 9.25. The molecule has 10 heteroatoms. The molecule has 2 aromatic carbocycles. The van der Waals surface area contributed by atoms with Gasteiger partial charge in [0.15, 0.2) is 21.4 Å². The van der Waals surface area contributed by atoms with Gasteiger partial charge in [-0.1, -0.05) is 0 Å². The van der Waals surface area contributed by atoms with Gasteiger partial charge in [0.2, 0.25) is 0 Å². The summed E-state index contributed by atoms with van der Waals surface area (Å²) in [4.78, 5) is -0.371. The summed E-state index contributed by atoms with van der Waals surface area (Å²) in [6, 6.07) is 4.84. The van der Waals surface area contributed by atoms with Gasteiger partial charge in [0, 0.05) is 5.92 Å². The van der Waals surface area contributed by atoms with E-state index < -0.39 is 49.6 Å². The summed E-state index contributed by atoms with van der Waals surface area (Å²) >= 11 is 0. The third kappa shape index (κ3) is 3.48. The Morgan fingerprint density at radius 1 is 1.06 bits per heavy atom. The lowest BCUT2D eigenvalue weighted by molar-refractivity contribution is -0.137. The van der Waals surface area contributed by atoms with Crippen molar-refractivity contribution in [1.29, 1.82) is 0 Å². The van der Waals surface area contributed by atoms with Gasteiger partial charge >= 0.3 is 6.18 Å². The summed E-state index contributed by atoms with van der Waals surface area (Å²) in [7, 11) is -4.42. The van der Waals surface area contributed by atoms with Crippen LogP contribution in [-0.2, 0) is 20.8 Å². The molecule has 0 bridgehead atoms. The first-order chi connectivity index (χ1) is 15.0. The van der Waals surface area contributed by atoms with Crippen molar-refractivity contribution in [3.8, 4) is 5.75 Å². The van der Waals surface area contributed by atoms with Crippen LogP contribution in [0.3, 0.4) is 0 Å². The smallest absolute Gasteiger partial charge is 0.416 e. The van der Waals surface area contributed by atoms with Crippen LogP contribution in [0.5, 0.6) is 5.75 Å². The Balaban J connectivity index is 1.91. The fourth-order valence-electron chi connectivity index (χ4n) is 5.14. The van der Waals surface area contributed by atoms with Gasteiger partial charge < -0.3 is 10.5 Å². The second-order valence-corrected chi connectivity index (χ2v) is 10.6. The summed E-state index contributed by atoms with van der Waals surface area (Å²) in [5, 5.41) is 0. The van der Waals surface area contributed by atoms with Crippen LogP contribution in [0, 0.1) is 23.5 Å². The molecule has 0 amide bonds. The maximum absolute atomic E-state index is 15.1. The molecule has 1 aliphatic heterocycles. The zero-order chi connectivity index (χ0) is 23.3. The van der Waals surface area contributed by atoms with Gasteiger partial charge in [0.1, 0.15) is 10.6 Å². The molecule has 2 aromatic rings. The summed E-state index contributed by atoms with van der Waals surface area (Å²) in [6.07, 6.45) is -3.23. The number of hydrogen-bond donors (Lipinski definition) is 1. The normalized spacial score (nSPS) is 25.6. The van der Waals surface area contributed by atoms with Crippen LogP contribution < -0.4 is 10.5 Å². The molecule has 0 aromatic heterocycles. The molecule has 4 rings (SSSR count). The molecule has 1 heterocycles. The van der Waals surface area contributed by atoms with Crippen LogP contribution in [0.15, 0.2) is 41.3 Å². The molecule has 0 spiro atoms. The van der Waals surface area contributed by atoms with Gasteiger partial charge in [-0.15, -0.1) is 0 Å². The first-order valence-electron chi connectivity index (χ1n) is 10.3. The van der Waals surface area contributed by atoms with Crippen LogP contribution in [0.4, 0.5) is 22.0 Å². The molecule has 1 saturated carbocycles. The predicted molar refractivity (Wildman–Crippen MR) is 107 cm³/mol. The number of alkyl halides is 3. The lowest BCUT2D eigenvalue weighted by Gasteiger charge is -2.49. The summed E-state index contributed by atoms with van der Waals surface area (Å²) < 4.78 is 100. The van der Waals surface area contributed by atoms with Crippen molar-refractivity contribution < 1.29 is 35.1 Å². The van der Waals surface area contributed by atoms with E-state index in [1.165, 1.54) is 0 Å². The SMILES string of the molecule is NCC[C@@H]1CC[C@@]2(S(=O)(=O)c3ccc(C(F)(F)F)cc3)c3c(F)ccc(F)c3OC[C@H]2C1. The van der Waals surface area contributed by atoms with Crippen molar-refractivity contribution in [3.05, 3.63) is 59.2 Å². The highest BCUT2D eigenvalue weighted by Gasteiger charge is 2.59. The minimum absolute atomic E-state index is 0.0115. The molecule has 1 aliphatic carbocycles. The molecular weight excluding hydrogens is 453 g/mol. The molecule has 32 heavy (non-hydrogen) atoms. The van der Waals surface area contributed by atoms with Crippen molar-refractivity contribution in [3.63, 3.8) is 0 Å². The standard InChI is InChI=1S/C22H22F5NO3S/c23-17-5-6-18(24)20-19(17)21(9-7-13(8-10-28)11-15(21)12-31-20)32(29,30)16-3-1-14(2-4-16)22(25,26)27/h1-6,13,15H,7-12,28H2/t13-,15+,21-/m0/s1. The monoisotopic (exact) mass is 475 g/mol. The largest absolute Gasteiger partial charge is 0.490 e. The van der Waals surface area contributed by atoms with E-state index in [2.05, 4.69) is 0 Å². The summed E-state index contributed by atoms with van der Waals surface area (Å²) in [6.45, 7) is 0.255. The van der Waals surface area contributed by atoms with Crippen molar-refractivity contribution in [2.75, 3.05) is 13.2 Å². The highest BCUT2D eigenvalue weighted by molar-refractivity contribution is 7.92. The van der Waals surface area contributed by atoms with Gasteiger partial charge in [0.05, 0.1) is 22.6 Å². The second-order valence-electron chi connectivity index (χ2n) is 8.37. The number of hydrogen-bond acceptors (Lipinski definition) is 4. The van der Waals surface area contributed by atoms with Crippen LogP contribution in [0.1, 0.15) is 36.8 Å². The number of ether oxygens (including phenoxy) is 1. The number of nitrogens with two attached hydrogens (primary N) is 1. The maximum Gasteiger partial charge on any atom is 0.416 e. The average Bonchev–Trinajstić information content (AvgIpc) is 2.75. The fourth-order valence-corrected chi connectivity index (χ4v) is 7.50. The number of sulfone groups is 1.